The third-order valence-corrected chi connectivity index (χ3v) is 6.59. The zero-order chi connectivity index (χ0) is 22.0. The Bertz CT molecular complexity index is 975. The fraction of sp³-hybridized carbons (Fsp3) is 0.435. The molecular weight excluding hydrogens is 462 g/mol. The van der Waals surface area contributed by atoms with E-state index in [-0.39, 0.29) is 29.4 Å². The van der Waals surface area contributed by atoms with Gasteiger partial charge >= 0.3 is 0 Å². The lowest BCUT2D eigenvalue weighted by atomic mass is 10.1. The standard InChI is InChI=1S/C23H26BrN3O4/c1-25(23(30)19-10-11-20(24)31-19)18-9-5-4-8-17(18)22(29)27-14-12-26(13-15-27)21(28)16-6-2-3-7-16/h4-5,8-11,16H,2-3,6-7,12-15H2,1H3. The van der Waals surface area contributed by atoms with E-state index in [1.165, 1.54) is 4.90 Å². The lowest BCUT2D eigenvalue weighted by molar-refractivity contribution is -0.136. The number of piperazine rings is 1. The highest BCUT2D eigenvalue weighted by atomic mass is 79.9. The second kappa shape index (κ2) is 9.26. The first kappa shape index (κ1) is 21.6. The van der Waals surface area contributed by atoms with E-state index >= 15 is 0 Å². The number of benzene rings is 1. The normalized spacial score (nSPS) is 17.1. The van der Waals surface area contributed by atoms with Crippen molar-refractivity contribution in [3.8, 4) is 0 Å². The summed E-state index contributed by atoms with van der Waals surface area (Å²) in [4.78, 5) is 43.8. The summed E-state index contributed by atoms with van der Waals surface area (Å²) in [6.45, 7) is 2.10. The van der Waals surface area contributed by atoms with Gasteiger partial charge in [0, 0.05) is 39.1 Å². The SMILES string of the molecule is CN(C(=O)c1ccc(Br)o1)c1ccccc1C(=O)N1CCN(C(=O)C2CCCC2)CC1. The number of halogens is 1. The lowest BCUT2D eigenvalue weighted by Crippen LogP contribution is -2.52. The van der Waals surface area contributed by atoms with Crippen LogP contribution in [-0.4, -0.2) is 60.7 Å². The van der Waals surface area contributed by atoms with Crippen molar-refractivity contribution in [2.45, 2.75) is 25.7 Å². The van der Waals surface area contributed by atoms with Crippen LogP contribution in [0.2, 0.25) is 0 Å². The maximum atomic E-state index is 13.3. The van der Waals surface area contributed by atoms with E-state index in [0.29, 0.717) is 42.1 Å². The van der Waals surface area contributed by atoms with E-state index in [1.54, 1.807) is 48.3 Å². The van der Waals surface area contributed by atoms with Crippen molar-refractivity contribution in [2.24, 2.45) is 5.92 Å². The summed E-state index contributed by atoms with van der Waals surface area (Å²) in [5.41, 5.74) is 0.981. The fourth-order valence-corrected chi connectivity index (χ4v) is 4.69. The molecule has 7 nitrogen and oxygen atoms in total. The van der Waals surface area contributed by atoms with E-state index in [4.69, 9.17) is 4.42 Å². The minimum Gasteiger partial charge on any atom is -0.444 e. The number of hydrogen-bond donors (Lipinski definition) is 0. The maximum Gasteiger partial charge on any atom is 0.293 e. The average molecular weight is 488 g/mol. The highest BCUT2D eigenvalue weighted by Crippen LogP contribution is 2.28. The molecule has 1 aliphatic carbocycles. The van der Waals surface area contributed by atoms with Crippen molar-refractivity contribution in [1.29, 1.82) is 0 Å². The molecule has 1 aromatic heterocycles. The van der Waals surface area contributed by atoms with Crippen LogP contribution in [0.4, 0.5) is 5.69 Å². The predicted molar refractivity (Wildman–Crippen MR) is 120 cm³/mol. The van der Waals surface area contributed by atoms with Gasteiger partial charge in [0.1, 0.15) is 0 Å². The van der Waals surface area contributed by atoms with Crippen LogP contribution in [0.3, 0.4) is 0 Å². The van der Waals surface area contributed by atoms with Crippen molar-refractivity contribution < 1.29 is 18.8 Å². The van der Waals surface area contributed by atoms with Crippen LogP contribution in [-0.2, 0) is 4.79 Å². The molecule has 0 N–H and O–H groups in total. The topological polar surface area (TPSA) is 74.1 Å². The highest BCUT2D eigenvalue weighted by Gasteiger charge is 2.31. The van der Waals surface area contributed by atoms with Crippen molar-refractivity contribution in [3.63, 3.8) is 0 Å². The highest BCUT2D eigenvalue weighted by molar-refractivity contribution is 9.10. The Balaban J connectivity index is 1.45. The van der Waals surface area contributed by atoms with Crippen molar-refractivity contribution in [1.82, 2.24) is 9.80 Å². The van der Waals surface area contributed by atoms with Gasteiger partial charge in [-0.15, -0.1) is 0 Å². The van der Waals surface area contributed by atoms with E-state index in [9.17, 15) is 14.4 Å². The number of para-hydroxylation sites is 1. The number of carbonyl (C=O) groups is 3. The smallest absolute Gasteiger partial charge is 0.293 e. The van der Waals surface area contributed by atoms with Gasteiger partial charge in [0.2, 0.25) is 5.91 Å². The Morgan fingerprint density at radius 3 is 2.26 bits per heavy atom. The first-order chi connectivity index (χ1) is 15.0. The molecule has 2 heterocycles. The van der Waals surface area contributed by atoms with Crippen molar-refractivity contribution in [2.75, 3.05) is 38.1 Å². The van der Waals surface area contributed by atoms with Crippen LogP contribution in [0.25, 0.3) is 0 Å². The minimum atomic E-state index is -0.335. The molecule has 31 heavy (non-hydrogen) atoms. The van der Waals surface area contributed by atoms with E-state index in [1.807, 2.05) is 4.90 Å². The van der Waals surface area contributed by atoms with Gasteiger partial charge in [0.25, 0.3) is 11.8 Å². The second-order valence-electron chi connectivity index (χ2n) is 8.08. The minimum absolute atomic E-state index is 0.135. The summed E-state index contributed by atoms with van der Waals surface area (Å²) >= 11 is 3.21. The van der Waals surface area contributed by atoms with E-state index in [0.717, 1.165) is 25.7 Å². The molecule has 0 spiro atoms. The van der Waals surface area contributed by atoms with Crippen molar-refractivity contribution in [3.05, 3.63) is 52.4 Å². The predicted octanol–water partition coefficient (Wildman–Crippen LogP) is 3.79. The van der Waals surface area contributed by atoms with Crippen LogP contribution in [0, 0.1) is 5.92 Å². The van der Waals surface area contributed by atoms with Gasteiger partial charge in [-0.3, -0.25) is 14.4 Å². The molecule has 1 saturated carbocycles. The molecule has 4 rings (SSSR count). The van der Waals surface area contributed by atoms with Gasteiger partial charge < -0.3 is 19.1 Å². The average Bonchev–Trinajstić information content (AvgIpc) is 3.49. The second-order valence-corrected chi connectivity index (χ2v) is 8.87. The Morgan fingerprint density at radius 1 is 0.968 bits per heavy atom. The molecule has 0 atom stereocenters. The number of rotatable bonds is 4. The zero-order valence-electron chi connectivity index (χ0n) is 17.6. The number of furan rings is 1. The fourth-order valence-electron chi connectivity index (χ4n) is 4.38. The molecule has 0 radical (unpaired) electrons. The van der Waals surface area contributed by atoms with Crippen LogP contribution in [0.15, 0.2) is 45.5 Å². The maximum absolute atomic E-state index is 13.3. The Morgan fingerprint density at radius 2 is 1.61 bits per heavy atom. The summed E-state index contributed by atoms with van der Waals surface area (Å²) in [6, 6.07) is 10.3. The van der Waals surface area contributed by atoms with Gasteiger partial charge in [0.15, 0.2) is 10.4 Å². The monoisotopic (exact) mass is 487 g/mol. The van der Waals surface area contributed by atoms with Crippen LogP contribution < -0.4 is 4.90 Å². The van der Waals surface area contributed by atoms with Crippen LogP contribution in [0.5, 0.6) is 0 Å². The van der Waals surface area contributed by atoms with Gasteiger partial charge in [-0.05, 0) is 53.0 Å². The van der Waals surface area contributed by atoms with Crippen LogP contribution >= 0.6 is 15.9 Å². The molecule has 164 valence electrons. The lowest BCUT2D eigenvalue weighted by Gasteiger charge is -2.36. The Kier molecular flexibility index (Phi) is 6.46. The molecular formula is C23H26BrN3O4. The molecule has 3 amide bonds. The Labute approximate surface area is 190 Å². The number of carbonyl (C=O) groups excluding carboxylic acids is 3. The largest absolute Gasteiger partial charge is 0.444 e. The molecule has 0 bridgehead atoms. The number of nitrogens with zero attached hydrogens (tertiary/aromatic N) is 3. The molecule has 1 aliphatic heterocycles. The summed E-state index contributed by atoms with van der Waals surface area (Å²) in [6.07, 6.45) is 4.23. The Hall–Kier alpha value is -2.61. The zero-order valence-corrected chi connectivity index (χ0v) is 19.1. The number of anilines is 1. The summed E-state index contributed by atoms with van der Waals surface area (Å²) < 4.78 is 5.84. The third-order valence-electron chi connectivity index (χ3n) is 6.17. The molecule has 2 aromatic rings. The quantitative estimate of drug-likeness (QED) is 0.657. The molecule has 1 aromatic carbocycles. The van der Waals surface area contributed by atoms with Gasteiger partial charge in [-0.1, -0.05) is 25.0 Å². The third kappa shape index (κ3) is 4.54. The first-order valence-electron chi connectivity index (χ1n) is 10.7. The van der Waals surface area contributed by atoms with Gasteiger partial charge in [0.05, 0.1) is 11.3 Å². The van der Waals surface area contributed by atoms with E-state index in [2.05, 4.69) is 15.9 Å². The molecule has 8 heteroatoms. The molecule has 0 unspecified atom stereocenters. The van der Waals surface area contributed by atoms with E-state index < -0.39 is 0 Å². The molecule has 2 aliphatic rings. The van der Waals surface area contributed by atoms with Crippen molar-refractivity contribution >= 4 is 39.3 Å². The van der Waals surface area contributed by atoms with Gasteiger partial charge in [-0.2, -0.15) is 0 Å². The van der Waals surface area contributed by atoms with Gasteiger partial charge in [-0.25, -0.2) is 0 Å². The number of amides is 3. The molecule has 1 saturated heterocycles. The number of hydrogen-bond acceptors (Lipinski definition) is 4. The summed E-state index contributed by atoms with van der Waals surface area (Å²) in [5, 5.41) is 0. The van der Waals surface area contributed by atoms with Crippen LogP contribution in [0.1, 0.15) is 46.6 Å². The summed E-state index contributed by atoms with van der Waals surface area (Å²) in [5.74, 6) is 0.113. The first-order valence-corrected chi connectivity index (χ1v) is 11.5. The molecule has 2 fully saturated rings. The summed E-state index contributed by atoms with van der Waals surface area (Å²) in [7, 11) is 1.63.